The summed E-state index contributed by atoms with van der Waals surface area (Å²) in [5.41, 5.74) is 1.47. The number of primary sulfonamides is 1. The summed E-state index contributed by atoms with van der Waals surface area (Å²) >= 11 is 0. The summed E-state index contributed by atoms with van der Waals surface area (Å²) < 4.78 is 22.7. The van der Waals surface area contributed by atoms with Crippen LogP contribution >= 0.6 is 0 Å². The normalized spacial score (nSPS) is 21.3. The standard InChI is InChI=1S/C13H15N3O4S/c14-21(19,20)9-1-3-11-8(7-9)5-6-16(11)13(18)10-2-4-12(17)15-10/h1,3,7,10H,2,4-6H2,(H,15,17)(H2,14,19,20). The molecule has 1 atom stereocenters. The van der Waals surface area contributed by atoms with E-state index in [1.54, 1.807) is 11.0 Å². The molecule has 2 amide bonds. The minimum atomic E-state index is -3.75. The van der Waals surface area contributed by atoms with Crippen LogP contribution in [0.2, 0.25) is 0 Å². The van der Waals surface area contributed by atoms with E-state index < -0.39 is 16.1 Å². The van der Waals surface area contributed by atoms with Crippen molar-refractivity contribution < 1.29 is 18.0 Å². The highest BCUT2D eigenvalue weighted by Crippen LogP contribution is 2.31. The molecular formula is C13H15N3O4S. The van der Waals surface area contributed by atoms with Gasteiger partial charge in [0.15, 0.2) is 0 Å². The van der Waals surface area contributed by atoms with Crippen molar-refractivity contribution in [1.82, 2.24) is 5.32 Å². The summed E-state index contributed by atoms with van der Waals surface area (Å²) in [5.74, 6) is -0.264. The van der Waals surface area contributed by atoms with E-state index in [4.69, 9.17) is 5.14 Å². The summed E-state index contributed by atoms with van der Waals surface area (Å²) in [6.07, 6.45) is 1.44. The Bertz CT molecular complexity index is 729. The van der Waals surface area contributed by atoms with Gasteiger partial charge in [-0.3, -0.25) is 9.59 Å². The number of rotatable bonds is 2. The maximum atomic E-state index is 12.4. The molecule has 2 aliphatic rings. The lowest BCUT2D eigenvalue weighted by molar-refractivity contribution is -0.124. The molecule has 0 bridgehead atoms. The Balaban J connectivity index is 1.87. The van der Waals surface area contributed by atoms with Crippen LogP contribution in [0.4, 0.5) is 5.69 Å². The van der Waals surface area contributed by atoms with E-state index in [9.17, 15) is 18.0 Å². The number of nitrogens with zero attached hydrogens (tertiary/aromatic N) is 1. The van der Waals surface area contributed by atoms with Gasteiger partial charge in [0.1, 0.15) is 6.04 Å². The fraction of sp³-hybridized carbons (Fsp3) is 0.385. The smallest absolute Gasteiger partial charge is 0.249 e. The fourth-order valence-electron chi connectivity index (χ4n) is 2.77. The number of carbonyl (C=O) groups is 2. The number of hydrogen-bond donors (Lipinski definition) is 2. The van der Waals surface area contributed by atoms with Gasteiger partial charge in [-0.15, -0.1) is 0 Å². The Morgan fingerprint density at radius 3 is 2.71 bits per heavy atom. The molecule has 3 rings (SSSR count). The van der Waals surface area contributed by atoms with Crippen LogP contribution in [-0.4, -0.2) is 32.8 Å². The van der Waals surface area contributed by atoms with Gasteiger partial charge in [0.2, 0.25) is 21.8 Å². The van der Waals surface area contributed by atoms with Crippen LogP contribution in [0.5, 0.6) is 0 Å². The number of fused-ring (bicyclic) bond motifs is 1. The third-order valence-electron chi connectivity index (χ3n) is 3.83. The molecule has 2 heterocycles. The molecule has 0 saturated carbocycles. The zero-order chi connectivity index (χ0) is 15.2. The molecule has 1 saturated heterocycles. The van der Waals surface area contributed by atoms with Gasteiger partial charge in [-0.05, 0) is 36.6 Å². The van der Waals surface area contributed by atoms with Gasteiger partial charge in [0.25, 0.3) is 0 Å². The Kier molecular flexibility index (Phi) is 3.22. The molecule has 1 aromatic carbocycles. The summed E-state index contributed by atoms with van der Waals surface area (Å²) in [7, 11) is -3.75. The van der Waals surface area contributed by atoms with Crippen molar-refractivity contribution >= 4 is 27.5 Å². The Morgan fingerprint density at radius 1 is 1.33 bits per heavy atom. The number of hydrogen-bond acceptors (Lipinski definition) is 4. The van der Waals surface area contributed by atoms with Crippen molar-refractivity contribution in [3.05, 3.63) is 23.8 Å². The summed E-state index contributed by atoms with van der Waals surface area (Å²) in [6, 6.07) is 4.01. The molecular weight excluding hydrogens is 294 g/mol. The van der Waals surface area contributed by atoms with Gasteiger partial charge in [0, 0.05) is 18.7 Å². The van der Waals surface area contributed by atoms with E-state index in [1.165, 1.54) is 12.1 Å². The summed E-state index contributed by atoms with van der Waals surface area (Å²) in [5, 5.41) is 7.76. The van der Waals surface area contributed by atoms with E-state index in [0.717, 1.165) is 5.56 Å². The van der Waals surface area contributed by atoms with E-state index in [2.05, 4.69) is 5.32 Å². The first-order chi connectivity index (χ1) is 9.86. The van der Waals surface area contributed by atoms with Crippen molar-refractivity contribution in [2.24, 2.45) is 5.14 Å². The van der Waals surface area contributed by atoms with Gasteiger partial charge in [-0.25, -0.2) is 13.6 Å². The Hall–Kier alpha value is -1.93. The van der Waals surface area contributed by atoms with Crippen LogP contribution in [0.3, 0.4) is 0 Å². The highest BCUT2D eigenvalue weighted by atomic mass is 32.2. The maximum absolute atomic E-state index is 12.4. The van der Waals surface area contributed by atoms with Crippen molar-refractivity contribution in [3.8, 4) is 0 Å². The predicted octanol–water partition coefficient (Wildman–Crippen LogP) is -0.498. The van der Waals surface area contributed by atoms with Crippen molar-refractivity contribution in [1.29, 1.82) is 0 Å². The zero-order valence-electron chi connectivity index (χ0n) is 11.2. The van der Waals surface area contributed by atoms with Gasteiger partial charge in [-0.2, -0.15) is 0 Å². The van der Waals surface area contributed by atoms with Crippen LogP contribution in [0, 0.1) is 0 Å². The second-order valence-corrected chi connectivity index (χ2v) is 6.80. The first kappa shape index (κ1) is 14.0. The SMILES string of the molecule is NS(=O)(=O)c1ccc2c(c1)CCN2C(=O)C1CCC(=O)N1. The molecule has 0 aromatic heterocycles. The summed E-state index contributed by atoms with van der Waals surface area (Å²) in [6.45, 7) is 0.481. The lowest BCUT2D eigenvalue weighted by Gasteiger charge is -2.21. The molecule has 1 fully saturated rings. The van der Waals surface area contributed by atoms with Gasteiger partial charge in [0.05, 0.1) is 4.90 Å². The lowest BCUT2D eigenvalue weighted by Crippen LogP contribution is -2.43. The van der Waals surface area contributed by atoms with Gasteiger partial charge in [-0.1, -0.05) is 0 Å². The second-order valence-electron chi connectivity index (χ2n) is 5.23. The molecule has 0 aliphatic carbocycles. The number of carbonyl (C=O) groups excluding carboxylic acids is 2. The fourth-order valence-corrected chi connectivity index (χ4v) is 3.34. The number of amides is 2. The van der Waals surface area contributed by atoms with Crippen LogP contribution < -0.4 is 15.4 Å². The number of benzene rings is 1. The Labute approximate surface area is 122 Å². The zero-order valence-corrected chi connectivity index (χ0v) is 12.0. The van der Waals surface area contributed by atoms with Crippen LogP contribution in [0.25, 0.3) is 0 Å². The molecule has 7 nitrogen and oxygen atoms in total. The van der Waals surface area contributed by atoms with E-state index in [1.807, 2.05) is 0 Å². The Morgan fingerprint density at radius 2 is 2.10 bits per heavy atom. The summed E-state index contributed by atoms with van der Waals surface area (Å²) in [4.78, 5) is 25.3. The van der Waals surface area contributed by atoms with Gasteiger partial charge >= 0.3 is 0 Å². The topological polar surface area (TPSA) is 110 Å². The molecule has 2 aliphatic heterocycles. The highest BCUT2D eigenvalue weighted by Gasteiger charge is 2.34. The minimum absolute atomic E-state index is 0.0460. The van der Waals surface area contributed by atoms with Gasteiger partial charge < -0.3 is 10.2 Å². The van der Waals surface area contributed by atoms with E-state index in [0.29, 0.717) is 31.5 Å². The highest BCUT2D eigenvalue weighted by molar-refractivity contribution is 7.89. The number of anilines is 1. The molecule has 112 valence electrons. The molecule has 1 unspecified atom stereocenters. The van der Waals surface area contributed by atoms with Crippen LogP contribution in [0.15, 0.2) is 23.1 Å². The van der Waals surface area contributed by atoms with Crippen LogP contribution in [0.1, 0.15) is 18.4 Å². The average Bonchev–Trinajstić information content (AvgIpc) is 3.02. The molecule has 8 heteroatoms. The molecule has 0 radical (unpaired) electrons. The van der Waals surface area contributed by atoms with Crippen molar-refractivity contribution in [3.63, 3.8) is 0 Å². The van der Waals surface area contributed by atoms with E-state index >= 15 is 0 Å². The predicted molar refractivity (Wildman–Crippen MR) is 75.0 cm³/mol. The third-order valence-corrected chi connectivity index (χ3v) is 4.75. The molecule has 0 spiro atoms. The maximum Gasteiger partial charge on any atom is 0.249 e. The number of nitrogens with one attached hydrogen (secondary N) is 1. The minimum Gasteiger partial charge on any atom is -0.344 e. The van der Waals surface area contributed by atoms with Crippen molar-refractivity contribution in [2.75, 3.05) is 11.4 Å². The first-order valence-electron chi connectivity index (χ1n) is 6.63. The quantitative estimate of drug-likeness (QED) is 0.767. The second kappa shape index (κ2) is 4.81. The number of nitrogens with two attached hydrogens (primary N) is 1. The monoisotopic (exact) mass is 309 g/mol. The third kappa shape index (κ3) is 2.52. The lowest BCUT2D eigenvalue weighted by atomic mass is 10.1. The van der Waals surface area contributed by atoms with E-state index in [-0.39, 0.29) is 16.7 Å². The average molecular weight is 309 g/mol. The first-order valence-corrected chi connectivity index (χ1v) is 8.17. The largest absolute Gasteiger partial charge is 0.344 e. The molecule has 21 heavy (non-hydrogen) atoms. The van der Waals surface area contributed by atoms with Crippen LogP contribution in [-0.2, 0) is 26.0 Å². The molecule has 1 aromatic rings. The van der Waals surface area contributed by atoms with Crippen molar-refractivity contribution in [2.45, 2.75) is 30.2 Å². The molecule has 3 N–H and O–H groups in total. The number of sulfonamides is 1.